The lowest BCUT2D eigenvalue weighted by Crippen LogP contribution is -1.94. The highest BCUT2D eigenvalue weighted by Crippen LogP contribution is 2.25. The molecule has 21 heavy (non-hydrogen) atoms. The lowest BCUT2D eigenvalue weighted by molar-refractivity contribution is 0.112. The molecule has 5 heteroatoms. The summed E-state index contributed by atoms with van der Waals surface area (Å²) < 4.78 is 10.9. The van der Waals surface area contributed by atoms with Crippen molar-refractivity contribution in [2.45, 2.75) is 6.92 Å². The summed E-state index contributed by atoms with van der Waals surface area (Å²) in [6.45, 7) is 1.77. The summed E-state index contributed by atoms with van der Waals surface area (Å²) in [6, 6.07) is 10.8. The summed E-state index contributed by atoms with van der Waals surface area (Å²) in [4.78, 5) is 18.9. The number of hydrogen-bond acceptors (Lipinski definition) is 5. The van der Waals surface area contributed by atoms with Crippen LogP contribution in [0, 0.1) is 6.92 Å². The summed E-state index contributed by atoms with van der Waals surface area (Å²) in [5, 5.41) is 0. The molecule has 0 unspecified atom stereocenters. The van der Waals surface area contributed by atoms with Gasteiger partial charge in [-0.2, -0.15) is 0 Å². The number of ether oxygens (including phenoxy) is 1. The van der Waals surface area contributed by atoms with Gasteiger partial charge >= 0.3 is 0 Å². The SMILES string of the molecule is Cc1nc(Oc2ccc(-c3cnco3)cc2)ccc1C=O. The molecule has 1 aromatic carbocycles. The molecule has 0 aliphatic heterocycles. The Kier molecular flexibility index (Phi) is 3.47. The topological polar surface area (TPSA) is 65.2 Å². The van der Waals surface area contributed by atoms with Gasteiger partial charge in [-0.15, -0.1) is 0 Å². The minimum Gasteiger partial charge on any atom is -0.444 e. The summed E-state index contributed by atoms with van der Waals surface area (Å²) in [7, 11) is 0. The predicted molar refractivity (Wildman–Crippen MR) is 76.4 cm³/mol. The molecule has 0 saturated carbocycles. The maximum Gasteiger partial charge on any atom is 0.219 e. The van der Waals surface area contributed by atoms with E-state index >= 15 is 0 Å². The second-order valence-corrected chi connectivity index (χ2v) is 4.43. The number of hydrogen-bond donors (Lipinski definition) is 0. The van der Waals surface area contributed by atoms with Gasteiger partial charge in [-0.3, -0.25) is 4.79 Å². The zero-order valence-electron chi connectivity index (χ0n) is 11.3. The van der Waals surface area contributed by atoms with Gasteiger partial charge in [0, 0.05) is 17.2 Å². The second-order valence-electron chi connectivity index (χ2n) is 4.43. The van der Waals surface area contributed by atoms with Gasteiger partial charge in [0.25, 0.3) is 0 Å². The molecule has 2 aromatic heterocycles. The molecule has 0 fully saturated rings. The largest absolute Gasteiger partial charge is 0.444 e. The van der Waals surface area contributed by atoms with Gasteiger partial charge in [0.05, 0.1) is 11.9 Å². The molecular weight excluding hydrogens is 268 g/mol. The van der Waals surface area contributed by atoms with Crippen molar-refractivity contribution in [2.75, 3.05) is 0 Å². The van der Waals surface area contributed by atoms with E-state index in [1.54, 1.807) is 25.3 Å². The highest BCUT2D eigenvalue weighted by molar-refractivity contribution is 5.76. The van der Waals surface area contributed by atoms with Crippen molar-refractivity contribution in [1.29, 1.82) is 0 Å². The normalized spacial score (nSPS) is 10.3. The van der Waals surface area contributed by atoms with Crippen LogP contribution in [0.4, 0.5) is 0 Å². The van der Waals surface area contributed by atoms with Gasteiger partial charge in [-0.25, -0.2) is 9.97 Å². The van der Waals surface area contributed by atoms with Crippen molar-refractivity contribution in [1.82, 2.24) is 9.97 Å². The van der Waals surface area contributed by atoms with Crippen LogP contribution >= 0.6 is 0 Å². The van der Waals surface area contributed by atoms with E-state index in [2.05, 4.69) is 9.97 Å². The molecule has 0 aliphatic carbocycles. The van der Waals surface area contributed by atoms with E-state index in [1.165, 1.54) is 6.39 Å². The molecular formula is C16H12N2O3. The number of aldehydes is 1. The number of aryl methyl sites for hydroxylation is 1. The minimum absolute atomic E-state index is 0.450. The molecule has 0 saturated heterocycles. The summed E-state index contributed by atoms with van der Waals surface area (Å²) in [5.41, 5.74) is 2.11. The first-order valence-corrected chi connectivity index (χ1v) is 6.36. The third-order valence-electron chi connectivity index (χ3n) is 3.02. The van der Waals surface area contributed by atoms with Crippen LogP contribution in [0.3, 0.4) is 0 Å². The molecule has 3 rings (SSSR count). The first-order chi connectivity index (χ1) is 10.3. The molecule has 0 bridgehead atoms. The number of carbonyl (C=O) groups excluding carboxylic acids is 1. The van der Waals surface area contributed by atoms with Gasteiger partial charge in [-0.1, -0.05) is 0 Å². The molecule has 2 heterocycles. The van der Waals surface area contributed by atoms with Crippen molar-refractivity contribution < 1.29 is 13.9 Å². The van der Waals surface area contributed by atoms with E-state index in [0.29, 0.717) is 28.6 Å². The Bertz CT molecular complexity index is 750. The Morgan fingerprint density at radius 1 is 1.14 bits per heavy atom. The van der Waals surface area contributed by atoms with Crippen LogP contribution in [-0.4, -0.2) is 16.3 Å². The standard InChI is InChI=1S/C16H12N2O3/c1-11-13(9-19)4-7-16(18-11)21-14-5-2-12(3-6-14)15-8-17-10-20-15/h2-10H,1H3. The first kappa shape index (κ1) is 13.1. The summed E-state index contributed by atoms with van der Waals surface area (Å²) >= 11 is 0. The molecule has 3 aromatic rings. The number of benzene rings is 1. The third-order valence-corrected chi connectivity index (χ3v) is 3.02. The summed E-state index contributed by atoms with van der Waals surface area (Å²) in [6.07, 6.45) is 3.82. The van der Waals surface area contributed by atoms with Gasteiger partial charge in [-0.05, 0) is 37.3 Å². The fourth-order valence-electron chi connectivity index (χ4n) is 1.90. The van der Waals surface area contributed by atoms with E-state index in [4.69, 9.17) is 9.15 Å². The molecule has 5 nitrogen and oxygen atoms in total. The quantitative estimate of drug-likeness (QED) is 0.682. The lowest BCUT2D eigenvalue weighted by atomic mass is 10.2. The maximum absolute atomic E-state index is 10.8. The first-order valence-electron chi connectivity index (χ1n) is 6.36. The van der Waals surface area contributed by atoms with Crippen molar-refractivity contribution in [3.05, 3.63) is 60.2 Å². The van der Waals surface area contributed by atoms with E-state index in [1.807, 2.05) is 24.3 Å². The third kappa shape index (κ3) is 2.81. The lowest BCUT2D eigenvalue weighted by Gasteiger charge is -2.06. The molecule has 0 amide bonds. The molecule has 0 spiro atoms. The van der Waals surface area contributed by atoms with Crippen molar-refractivity contribution in [2.24, 2.45) is 0 Å². The number of carbonyl (C=O) groups is 1. The molecule has 0 N–H and O–H groups in total. The Morgan fingerprint density at radius 2 is 1.95 bits per heavy atom. The Labute approximate surface area is 121 Å². The summed E-state index contributed by atoms with van der Waals surface area (Å²) in [5.74, 6) is 1.81. The maximum atomic E-state index is 10.8. The predicted octanol–water partition coefficient (Wildman–Crippen LogP) is 3.65. The van der Waals surface area contributed by atoms with E-state index in [9.17, 15) is 4.79 Å². The van der Waals surface area contributed by atoms with E-state index in [-0.39, 0.29) is 0 Å². The zero-order valence-corrected chi connectivity index (χ0v) is 11.3. The number of oxazole rings is 1. The average Bonchev–Trinajstić information content (AvgIpc) is 3.02. The number of nitrogens with zero attached hydrogens (tertiary/aromatic N) is 2. The van der Waals surface area contributed by atoms with Gasteiger partial charge < -0.3 is 9.15 Å². The van der Waals surface area contributed by atoms with E-state index in [0.717, 1.165) is 11.8 Å². The Morgan fingerprint density at radius 3 is 2.57 bits per heavy atom. The van der Waals surface area contributed by atoms with Crippen LogP contribution in [0.1, 0.15) is 16.1 Å². The van der Waals surface area contributed by atoms with Gasteiger partial charge in [0.15, 0.2) is 18.4 Å². The van der Waals surface area contributed by atoms with Crippen molar-refractivity contribution >= 4 is 6.29 Å². The van der Waals surface area contributed by atoms with Crippen LogP contribution in [0.25, 0.3) is 11.3 Å². The molecule has 0 atom stereocenters. The highest BCUT2D eigenvalue weighted by Gasteiger charge is 2.05. The van der Waals surface area contributed by atoms with Crippen molar-refractivity contribution in [3.8, 4) is 23.0 Å². The molecule has 104 valence electrons. The van der Waals surface area contributed by atoms with Gasteiger partial charge in [0.1, 0.15) is 5.75 Å². The number of pyridine rings is 1. The monoisotopic (exact) mass is 280 g/mol. The van der Waals surface area contributed by atoms with Crippen LogP contribution in [0.2, 0.25) is 0 Å². The Hall–Kier alpha value is -2.95. The van der Waals surface area contributed by atoms with Crippen LogP contribution in [0.5, 0.6) is 11.6 Å². The van der Waals surface area contributed by atoms with Crippen molar-refractivity contribution in [3.63, 3.8) is 0 Å². The van der Waals surface area contributed by atoms with Crippen LogP contribution < -0.4 is 4.74 Å². The number of rotatable bonds is 4. The average molecular weight is 280 g/mol. The smallest absolute Gasteiger partial charge is 0.219 e. The fraction of sp³-hybridized carbons (Fsp3) is 0.0625. The van der Waals surface area contributed by atoms with Gasteiger partial charge in [0.2, 0.25) is 5.88 Å². The van der Waals surface area contributed by atoms with E-state index < -0.39 is 0 Å². The van der Waals surface area contributed by atoms with Crippen LogP contribution in [0.15, 0.2) is 53.4 Å². The fourth-order valence-corrected chi connectivity index (χ4v) is 1.90. The Balaban J connectivity index is 1.79. The minimum atomic E-state index is 0.450. The number of aromatic nitrogens is 2. The second kappa shape index (κ2) is 5.58. The molecule has 0 aliphatic rings. The molecule has 0 radical (unpaired) electrons. The van der Waals surface area contributed by atoms with Crippen LogP contribution in [-0.2, 0) is 0 Å². The highest BCUT2D eigenvalue weighted by atomic mass is 16.5. The zero-order chi connectivity index (χ0) is 14.7.